The molecule has 0 heterocycles. The highest BCUT2D eigenvalue weighted by Gasteiger charge is 2.10. The number of aldehydes is 1. The fourth-order valence-electron chi connectivity index (χ4n) is 2.79. The van der Waals surface area contributed by atoms with Gasteiger partial charge >= 0.3 is 0 Å². The fourth-order valence-corrected chi connectivity index (χ4v) is 2.79. The summed E-state index contributed by atoms with van der Waals surface area (Å²) >= 11 is 0. The molecule has 0 aliphatic carbocycles. The molecule has 0 saturated heterocycles. The molecular formula is C25H40N2O. The third-order valence-electron chi connectivity index (χ3n) is 4.43. The van der Waals surface area contributed by atoms with Crippen molar-refractivity contribution < 1.29 is 4.79 Å². The van der Waals surface area contributed by atoms with Crippen LogP contribution in [0.4, 0.5) is 0 Å². The molecule has 0 bridgehead atoms. The zero-order valence-corrected chi connectivity index (χ0v) is 19.1. The molecule has 0 aliphatic heterocycles. The SMILES string of the molecule is CC.CCc1cccc(-c2cccc(C=O)c2)c1.CN[C@H](CN(C)C)C(C)C. The second-order valence-electron chi connectivity index (χ2n) is 7.20. The lowest BCUT2D eigenvalue weighted by molar-refractivity contribution is 0.112. The van der Waals surface area contributed by atoms with Crippen molar-refractivity contribution in [2.75, 3.05) is 27.7 Å². The monoisotopic (exact) mass is 384 g/mol. The van der Waals surface area contributed by atoms with Crippen molar-refractivity contribution in [3.8, 4) is 11.1 Å². The summed E-state index contributed by atoms with van der Waals surface area (Å²) in [6.07, 6.45) is 1.91. The Labute approximate surface area is 173 Å². The predicted octanol–water partition coefficient (Wildman–Crippen LogP) is 5.55. The molecular weight excluding hydrogens is 344 g/mol. The predicted molar refractivity (Wildman–Crippen MR) is 124 cm³/mol. The molecule has 0 aromatic heterocycles. The van der Waals surface area contributed by atoms with Crippen LogP contribution in [0.3, 0.4) is 0 Å². The molecule has 1 atom stereocenters. The molecule has 3 heteroatoms. The number of nitrogens with one attached hydrogen (secondary N) is 1. The summed E-state index contributed by atoms with van der Waals surface area (Å²) in [5.74, 6) is 0.715. The van der Waals surface area contributed by atoms with Crippen molar-refractivity contribution in [2.24, 2.45) is 5.92 Å². The van der Waals surface area contributed by atoms with Crippen molar-refractivity contribution in [1.29, 1.82) is 0 Å². The summed E-state index contributed by atoms with van der Waals surface area (Å²) < 4.78 is 0. The van der Waals surface area contributed by atoms with Gasteiger partial charge in [-0.3, -0.25) is 4.79 Å². The van der Waals surface area contributed by atoms with Crippen LogP contribution < -0.4 is 5.32 Å². The molecule has 0 fully saturated rings. The molecule has 28 heavy (non-hydrogen) atoms. The Morgan fingerprint density at radius 3 is 2.00 bits per heavy atom. The van der Waals surface area contributed by atoms with Crippen LogP contribution in [0.2, 0.25) is 0 Å². The summed E-state index contributed by atoms with van der Waals surface area (Å²) in [6, 6.07) is 16.7. The molecule has 2 aromatic rings. The van der Waals surface area contributed by atoms with E-state index in [0.29, 0.717) is 12.0 Å². The van der Waals surface area contributed by atoms with Crippen molar-refractivity contribution in [1.82, 2.24) is 10.2 Å². The Kier molecular flexibility index (Phi) is 14.0. The van der Waals surface area contributed by atoms with E-state index in [1.165, 1.54) is 11.1 Å². The molecule has 2 aromatic carbocycles. The van der Waals surface area contributed by atoms with Gasteiger partial charge in [0, 0.05) is 18.2 Å². The number of likely N-dealkylation sites (N-methyl/N-ethyl adjacent to an activating group) is 2. The first kappa shape index (κ1) is 26.0. The van der Waals surface area contributed by atoms with Crippen LogP contribution >= 0.6 is 0 Å². The number of rotatable bonds is 7. The van der Waals surface area contributed by atoms with E-state index in [0.717, 1.165) is 30.4 Å². The summed E-state index contributed by atoms with van der Waals surface area (Å²) in [5, 5.41) is 3.29. The minimum atomic E-state index is 0.620. The Hall–Kier alpha value is -1.97. The Morgan fingerprint density at radius 2 is 1.57 bits per heavy atom. The average molecular weight is 385 g/mol. The van der Waals surface area contributed by atoms with Gasteiger partial charge in [0.2, 0.25) is 0 Å². The maximum Gasteiger partial charge on any atom is 0.150 e. The second-order valence-corrected chi connectivity index (χ2v) is 7.20. The number of nitrogens with zero attached hydrogens (tertiary/aromatic N) is 1. The van der Waals surface area contributed by atoms with Crippen molar-refractivity contribution in [3.63, 3.8) is 0 Å². The van der Waals surface area contributed by atoms with E-state index < -0.39 is 0 Å². The van der Waals surface area contributed by atoms with Gasteiger partial charge in [-0.15, -0.1) is 0 Å². The lowest BCUT2D eigenvalue weighted by Crippen LogP contribution is -2.39. The lowest BCUT2D eigenvalue weighted by Gasteiger charge is -2.23. The van der Waals surface area contributed by atoms with Gasteiger partial charge < -0.3 is 10.2 Å². The van der Waals surface area contributed by atoms with Gasteiger partial charge in [-0.1, -0.05) is 77.1 Å². The van der Waals surface area contributed by atoms with Crippen molar-refractivity contribution >= 4 is 6.29 Å². The first-order valence-electron chi connectivity index (χ1n) is 10.4. The van der Waals surface area contributed by atoms with Crippen molar-refractivity contribution in [3.05, 3.63) is 59.7 Å². The Balaban J connectivity index is 0.000000528. The fraction of sp³-hybridized carbons (Fsp3) is 0.480. The highest BCUT2D eigenvalue weighted by atomic mass is 16.1. The lowest BCUT2D eigenvalue weighted by atomic mass is 10.0. The van der Waals surface area contributed by atoms with Crippen LogP contribution in [-0.4, -0.2) is 44.9 Å². The van der Waals surface area contributed by atoms with E-state index in [9.17, 15) is 4.79 Å². The van der Waals surface area contributed by atoms with Gasteiger partial charge in [0.05, 0.1) is 0 Å². The number of benzene rings is 2. The maximum absolute atomic E-state index is 10.7. The number of aryl methyl sites for hydroxylation is 1. The zero-order chi connectivity index (χ0) is 21.5. The average Bonchev–Trinajstić information content (AvgIpc) is 2.73. The smallest absolute Gasteiger partial charge is 0.150 e. The first-order valence-corrected chi connectivity index (χ1v) is 10.4. The summed E-state index contributed by atoms with van der Waals surface area (Å²) in [5.41, 5.74) is 4.30. The topological polar surface area (TPSA) is 32.3 Å². The maximum atomic E-state index is 10.7. The van der Waals surface area contributed by atoms with E-state index in [-0.39, 0.29) is 0 Å². The zero-order valence-electron chi connectivity index (χ0n) is 19.1. The van der Waals surface area contributed by atoms with E-state index in [4.69, 9.17) is 0 Å². The summed E-state index contributed by atoms with van der Waals surface area (Å²) in [4.78, 5) is 12.9. The largest absolute Gasteiger partial charge is 0.315 e. The van der Waals surface area contributed by atoms with Gasteiger partial charge in [-0.05, 0) is 56.2 Å². The van der Waals surface area contributed by atoms with Crippen LogP contribution in [0.15, 0.2) is 48.5 Å². The minimum Gasteiger partial charge on any atom is -0.315 e. The van der Waals surface area contributed by atoms with Crippen LogP contribution in [-0.2, 0) is 6.42 Å². The summed E-state index contributed by atoms with van der Waals surface area (Å²) in [6.45, 7) is 11.7. The molecule has 0 spiro atoms. The Morgan fingerprint density at radius 1 is 1.00 bits per heavy atom. The van der Waals surface area contributed by atoms with Crippen LogP contribution in [0.25, 0.3) is 11.1 Å². The van der Waals surface area contributed by atoms with E-state index in [1.54, 1.807) is 0 Å². The van der Waals surface area contributed by atoms with Gasteiger partial charge in [0.1, 0.15) is 6.29 Å². The third-order valence-corrected chi connectivity index (χ3v) is 4.43. The second kappa shape index (κ2) is 15.0. The van der Waals surface area contributed by atoms with Crippen LogP contribution in [0.1, 0.15) is 50.5 Å². The van der Waals surface area contributed by atoms with E-state index >= 15 is 0 Å². The third kappa shape index (κ3) is 9.82. The van der Waals surface area contributed by atoms with Crippen LogP contribution in [0.5, 0.6) is 0 Å². The number of hydrogen-bond donors (Lipinski definition) is 1. The number of hydrogen-bond acceptors (Lipinski definition) is 3. The number of carbonyl (C=O) groups is 1. The molecule has 0 radical (unpaired) electrons. The first-order chi connectivity index (χ1) is 13.4. The molecule has 2 rings (SSSR count). The van der Waals surface area contributed by atoms with Gasteiger partial charge in [0.15, 0.2) is 0 Å². The Bertz CT molecular complexity index is 665. The standard InChI is InChI=1S/C15H14O.C8H20N2.C2H6/c1-2-12-5-3-7-14(9-12)15-8-4-6-13(10-15)11-16;1-7(2)8(9-3)6-10(4)5;1-2/h3-11H,2H2,1H3;7-9H,6H2,1-5H3;1-2H3/t;8-;/m.1./s1. The van der Waals surface area contributed by atoms with Gasteiger partial charge in [-0.2, -0.15) is 0 Å². The summed E-state index contributed by atoms with van der Waals surface area (Å²) in [7, 11) is 6.23. The van der Waals surface area contributed by atoms with Crippen LogP contribution in [0, 0.1) is 5.92 Å². The molecule has 0 amide bonds. The van der Waals surface area contributed by atoms with E-state index in [1.807, 2.05) is 45.2 Å². The molecule has 1 N–H and O–H groups in total. The molecule has 0 unspecified atom stereocenters. The highest BCUT2D eigenvalue weighted by Crippen LogP contribution is 2.21. The molecule has 0 saturated carbocycles. The molecule has 156 valence electrons. The molecule has 0 aliphatic rings. The quantitative estimate of drug-likeness (QED) is 0.636. The van der Waals surface area contributed by atoms with Gasteiger partial charge in [0.25, 0.3) is 0 Å². The number of carbonyl (C=O) groups excluding carboxylic acids is 1. The normalized spacial score (nSPS) is 11.2. The molecule has 3 nitrogen and oxygen atoms in total. The van der Waals surface area contributed by atoms with E-state index in [2.05, 4.69) is 69.3 Å². The van der Waals surface area contributed by atoms with Gasteiger partial charge in [-0.25, -0.2) is 0 Å². The van der Waals surface area contributed by atoms with Crippen molar-refractivity contribution in [2.45, 2.75) is 47.1 Å². The highest BCUT2D eigenvalue weighted by molar-refractivity contribution is 5.78. The minimum absolute atomic E-state index is 0.620.